The summed E-state index contributed by atoms with van der Waals surface area (Å²) in [4.78, 5) is 14.0. The van der Waals surface area contributed by atoms with Gasteiger partial charge in [0.25, 0.3) is 0 Å². The fourth-order valence-corrected chi connectivity index (χ4v) is 3.17. The van der Waals surface area contributed by atoms with Gasteiger partial charge in [-0.1, -0.05) is 60.7 Å². The maximum absolute atomic E-state index is 12.3. The molecule has 24 heavy (non-hydrogen) atoms. The maximum Gasteiger partial charge on any atom is 0.410 e. The molecule has 1 aliphatic heterocycles. The number of aliphatic hydroxyl groups is 1. The zero-order valence-corrected chi connectivity index (χ0v) is 13.7. The number of ether oxygens (including phenoxy) is 1. The third-order valence-corrected chi connectivity index (χ3v) is 4.51. The second kappa shape index (κ2) is 7.97. The zero-order valence-electron chi connectivity index (χ0n) is 13.7. The summed E-state index contributed by atoms with van der Waals surface area (Å²) in [5, 5.41) is 10.6. The maximum atomic E-state index is 12.3. The molecule has 0 saturated carbocycles. The average molecular weight is 325 g/mol. The van der Waals surface area contributed by atoms with Gasteiger partial charge in [-0.25, -0.2) is 4.79 Å². The third kappa shape index (κ3) is 4.15. The first-order valence-electron chi connectivity index (χ1n) is 8.42. The van der Waals surface area contributed by atoms with Crippen LogP contribution in [0.15, 0.2) is 60.7 Å². The molecule has 0 aromatic heterocycles. The summed E-state index contributed by atoms with van der Waals surface area (Å²) in [6.07, 6.45) is 0.952. The van der Waals surface area contributed by atoms with E-state index in [9.17, 15) is 9.90 Å². The number of hydrogen-bond acceptors (Lipinski definition) is 3. The molecule has 2 unspecified atom stereocenters. The fourth-order valence-electron chi connectivity index (χ4n) is 3.17. The number of piperidine rings is 1. The van der Waals surface area contributed by atoms with Crippen LogP contribution in [-0.4, -0.2) is 29.2 Å². The van der Waals surface area contributed by atoms with E-state index >= 15 is 0 Å². The SMILES string of the molecule is O=C(OCc1ccccc1)N1CCCC(C(O)c2ccccc2)C1. The molecule has 1 saturated heterocycles. The van der Waals surface area contributed by atoms with Crippen molar-refractivity contribution in [1.29, 1.82) is 0 Å². The Bertz CT molecular complexity index is 644. The van der Waals surface area contributed by atoms with Crippen LogP contribution in [0.4, 0.5) is 4.79 Å². The Morgan fingerprint density at radius 2 is 1.79 bits per heavy atom. The van der Waals surface area contributed by atoms with E-state index < -0.39 is 6.10 Å². The van der Waals surface area contributed by atoms with Crippen LogP contribution in [0, 0.1) is 5.92 Å². The van der Waals surface area contributed by atoms with Crippen LogP contribution < -0.4 is 0 Å². The van der Waals surface area contributed by atoms with Gasteiger partial charge in [-0.2, -0.15) is 0 Å². The molecule has 1 fully saturated rings. The van der Waals surface area contributed by atoms with Crippen molar-refractivity contribution in [2.24, 2.45) is 5.92 Å². The smallest absolute Gasteiger partial charge is 0.410 e. The molecule has 1 aliphatic rings. The summed E-state index contributed by atoms with van der Waals surface area (Å²) < 4.78 is 5.41. The van der Waals surface area contributed by atoms with Gasteiger partial charge in [0.1, 0.15) is 6.61 Å². The number of amides is 1. The number of aliphatic hydroxyl groups excluding tert-OH is 1. The molecule has 0 bridgehead atoms. The highest BCUT2D eigenvalue weighted by molar-refractivity contribution is 5.67. The predicted molar refractivity (Wildman–Crippen MR) is 92.3 cm³/mol. The van der Waals surface area contributed by atoms with Crippen molar-refractivity contribution in [1.82, 2.24) is 4.90 Å². The normalized spacial score (nSPS) is 18.9. The molecule has 4 nitrogen and oxygen atoms in total. The second-order valence-corrected chi connectivity index (χ2v) is 6.24. The van der Waals surface area contributed by atoms with Crippen LogP contribution in [-0.2, 0) is 11.3 Å². The monoisotopic (exact) mass is 325 g/mol. The lowest BCUT2D eigenvalue weighted by Crippen LogP contribution is -2.41. The molecule has 0 aliphatic carbocycles. The average Bonchev–Trinajstić information content (AvgIpc) is 2.67. The van der Waals surface area contributed by atoms with Crippen molar-refractivity contribution in [3.05, 3.63) is 71.8 Å². The summed E-state index contributed by atoms with van der Waals surface area (Å²) in [6, 6.07) is 19.3. The first-order chi connectivity index (χ1) is 11.7. The van der Waals surface area contributed by atoms with Crippen molar-refractivity contribution < 1.29 is 14.6 Å². The number of carbonyl (C=O) groups excluding carboxylic acids is 1. The standard InChI is InChI=1S/C20H23NO3/c22-19(17-10-5-2-6-11-17)18-12-7-13-21(14-18)20(23)24-15-16-8-3-1-4-9-16/h1-6,8-11,18-19,22H,7,12-15H2. The van der Waals surface area contributed by atoms with E-state index in [1.165, 1.54) is 0 Å². The first kappa shape index (κ1) is 16.5. The van der Waals surface area contributed by atoms with Crippen LogP contribution >= 0.6 is 0 Å². The highest BCUT2D eigenvalue weighted by Crippen LogP contribution is 2.29. The predicted octanol–water partition coefficient (Wildman–Crippen LogP) is 3.77. The molecule has 0 spiro atoms. The highest BCUT2D eigenvalue weighted by atomic mass is 16.6. The molecule has 4 heteroatoms. The van der Waals surface area contributed by atoms with Crippen molar-refractivity contribution in [3.63, 3.8) is 0 Å². The Balaban J connectivity index is 1.56. The zero-order chi connectivity index (χ0) is 16.8. The summed E-state index contributed by atoms with van der Waals surface area (Å²) in [5.41, 5.74) is 1.88. The van der Waals surface area contributed by atoms with E-state index in [1.54, 1.807) is 4.90 Å². The van der Waals surface area contributed by atoms with Crippen molar-refractivity contribution in [3.8, 4) is 0 Å². The number of rotatable bonds is 4. The molecular formula is C20H23NO3. The Morgan fingerprint density at radius 1 is 1.12 bits per heavy atom. The van der Waals surface area contributed by atoms with Gasteiger partial charge in [0.05, 0.1) is 6.10 Å². The Labute approximate surface area is 142 Å². The minimum atomic E-state index is -0.545. The molecule has 2 aromatic carbocycles. The van der Waals surface area contributed by atoms with E-state index in [-0.39, 0.29) is 18.6 Å². The second-order valence-electron chi connectivity index (χ2n) is 6.24. The molecule has 3 rings (SSSR count). The lowest BCUT2D eigenvalue weighted by Gasteiger charge is -2.34. The summed E-state index contributed by atoms with van der Waals surface area (Å²) in [5.74, 6) is 0.0467. The van der Waals surface area contributed by atoms with Crippen LogP contribution in [0.3, 0.4) is 0 Å². The van der Waals surface area contributed by atoms with Gasteiger partial charge in [-0.15, -0.1) is 0 Å². The van der Waals surface area contributed by atoms with Gasteiger partial charge in [-0.05, 0) is 24.0 Å². The van der Waals surface area contributed by atoms with E-state index in [0.29, 0.717) is 13.1 Å². The van der Waals surface area contributed by atoms with E-state index in [4.69, 9.17) is 4.74 Å². The van der Waals surface area contributed by atoms with Crippen LogP contribution in [0.5, 0.6) is 0 Å². The van der Waals surface area contributed by atoms with Crippen LogP contribution in [0.1, 0.15) is 30.1 Å². The third-order valence-electron chi connectivity index (χ3n) is 4.51. The number of hydrogen-bond donors (Lipinski definition) is 1. The van der Waals surface area contributed by atoms with Gasteiger partial charge in [0.2, 0.25) is 0 Å². The largest absolute Gasteiger partial charge is 0.445 e. The lowest BCUT2D eigenvalue weighted by molar-refractivity contribution is 0.0371. The molecule has 1 amide bonds. The topological polar surface area (TPSA) is 49.8 Å². The van der Waals surface area contributed by atoms with Gasteiger partial charge < -0.3 is 14.7 Å². The molecule has 1 N–H and O–H groups in total. The lowest BCUT2D eigenvalue weighted by atomic mass is 9.89. The van der Waals surface area contributed by atoms with Gasteiger partial charge in [0, 0.05) is 19.0 Å². The quantitative estimate of drug-likeness (QED) is 0.931. The van der Waals surface area contributed by atoms with Crippen LogP contribution in [0.25, 0.3) is 0 Å². The Kier molecular flexibility index (Phi) is 5.49. The summed E-state index contributed by atoms with van der Waals surface area (Å²) in [7, 11) is 0. The van der Waals surface area contributed by atoms with Crippen molar-refractivity contribution >= 4 is 6.09 Å². The fraction of sp³-hybridized carbons (Fsp3) is 0.350. The van der Waals surface area contributed by atoms with Crippen molar-refractivity contribution in [2.45, 2.75) is 25.6 Å². The number of likely N-dealkylation sites (tertiary alicyclic amines) is 1. The van der Waals surface area contributed by atoms with Gasteiger partial charge in [-0.3, -0.25) is 0 Å². The minimum Gasteiger partial charge on any atom is -0.445 e. The van der Waals surface area contributed by atoms with E-state index in [2.05, 4.69) is 0 Å². The molecule has 2 aromatic rings. The molecule has 126 valence electrons. The molecule has 2 atom stereocenters. The number of carbonyl (C=O) groups is 1. The van der Waals surface area contributed by atoms with Crippen molar-refractivity contribution in [2.75, 3.05) is 13.1 Å². The summed E-state index contributed by atoms with van der Waals surface area (Å²) in [6.45, 7) is 1.50. The summed E-state index contributed by atoms with van der Waals surface area (Å²) >= 11 is 0. The molecule has 1 heterocycles. The molecular weight excluding hydrogens is 302 g/mol. The first-order valence-corrected chi connectivity index (χ1v) is 8.42. The van der Waals surface area contributed by atoms with E-state index in [0.717, 1.165) is 24.0 Å². The molecule has 0 radical (unpaired) electrons. The van der Waals surface area contributed by atoms with Gasteiger partial charge >= 0.3 is 6.09 Å². The number of nitrogens with zero attached hydrogens (tertiary/aromatic N) is 1. The number of benzene rings is 2. The minimum absolute atomic E-state index is 0.0467. The Hall–Kier alpha value is -2.33. The van der Waals surface area contributed by atoms with E-state index in [1.807, 2.05) is 60.7 Å². The Morgan fingerprint density at radius 3 is 2.50 bits per heavy atom. The van der Waals surface area contributed by atoms with Gasteiger partial charge in [0.15, 0.2) is 0 Å². The highest BCUT2D eigenvalue weighted by Gasteiger charge is 2.29. The van der Waals surface area contributed by atoms with Crippen LogP contribution in [0.2, 0.25) is 0 Å².